The molecule has 1 amide bonds. The molecule has 1 aromatic carbocycles. The first kappa shape index (κ1) is 20.3. The zero-order valence-electron chi connectivity index (χ0n) is 16.7. The van der Waals surface area contributed by atoms with Gasteiger partial charge in [-0.05, 0) is 59.8 Å². The van der Waals surface area contributed by atoms with Crippen LogP contribution in [0, 0.1) is 11.7 Å². The van der Waals surface area contributed by atoms with E-state index >= 15 is 0 Å². The summed E-state index contributed by atoms with van der Waals surface area (Å²) in [6, 6.07) is 4.43. The van der Waals surface area contributed by atoms with Gasteiger partial charge in [-0.1, -0.05) is 0 Å². The van der Waals surface area contributed by atoms with Gasteiger partial charge in [0.25, 0.3) is 5.56 Å². The number of fused-ring (bicyclic) bond motifs is 1. The average molecular weight is 490 g/mol. The molecule has 1 aliphatic heterocycles. The molecule has 2 aromatic heterocycles. The molecule has 1 N–H and O–H groups in total. The van der Waals surface area contributed by atoms with Crippen LogP contribution in [0.15, 0.2) is 40.0 Å². The molecule has 5 rings (SSSR count). The number of benzene rings is 1. The Labute approximate surface area is 185 Å². The second-order valence-corrected chi connectivity index (χ2v) is 9.25. The minimum absolute atomic E-state index is 0.105. The molecular weight excluding hydrogens is 469 g/mol. The van der Waals surface area contributed by atoms with Crippen LogP contribution >= 0.6 is 15.9 Å². The quantitative estimate of drug-likeness (QED) is 0.606. The Morgan fingerprint density at radius 2 is 2.03 bits per heavy atom. The molecule has 0 bridgehead atoms. The third-order valence-electron chi connectivity index (χ3n) is 6.10. The summed E-state index contributed by atoms with van der Waals surface area (Å²) < 4.78 is 16.7. The van der Waals surface area contributed by atoms with Crippen LogP contribution in [0.3, 0.4) is 0 Å². The van der Waals surface area contributed by atoms with Crippen molar-refractivity contribution < 1.29 is 14.3 Å². The maximum Gasteiger partial charge on any atom is 0.264 e. The zero-order valence-corrected chi connectivity index (χ0v) is 18.3. The van der Waals surface area contributed by atoms with Gasteiger partial charge < -0.3 is 10.0 Å². The smallest absolute Gasteiger partial charge is 0.264 e. The van der Waals surface area contributed by atoms with Gasteiger partial charge in [0.05, 0.1) is 28.5 Å². The lowest BCUT2D eigenvalue weighted by Gasteiger charge is -2.38. The summed E-state index contributed by atoms with van der Waals surface area (Å²) in [7, 11) is 0. The van der Waals surface area contributed by atoms with Crippen molar-refractivity contribution in [3.63, 3.8) is 0 Å². The molecule has 31 heavy (non-hydrogen) atoms. The molecule has 8 nitrogen and oxygen atoms in total. The number of carbonyl (C=O) groups is 1. The lowest BCUT2D eigenvalue weighted by atomic mass is 9.91. The van der Waals surface area contributed by atoms with Crippen LogP contribution in [0.4, 0.5) is 4.39 Å². The van der Waals surface area contributed by atoms with Gasteiger partial charge in [0.2, 0.25) is 5.91 Å². The van der Waals surface area contributed by atoms with Crippen molar-refractivity contribution in [1.82, 2.24) is 24.2 Å². The highest BCUT2D eigenvalue weighted by molar-refractivity contribution is 9.10. The van der Waals surface area contributed by atoms with Gasteiger partial charge in [-0.2, -0.15) is 5.10 Å². The van der Waals surface area contributed by atoms with Crippen LogP contribution in [0.5, 0.6) is 0 Å². The summed E-state index contributed by atoms with van der Waals surface area (Å²) in [5.41, 5.74) is -0.449. The number of carbonyl (C=O) groups excluding carboxylic acids is 1. The van der Waals surface area contributed by atoms with Gasteiger partial charge in [0.15, 0.2) is 5.65 Å². The summed E-state index contributed by atoms with van der Waals surface area (Å²) in [6.45, 7) is 1.09. The van der Waals surface area contributed by atoms with Gasteiger partial charge in [-0.3, -0.25) is 14.2 Å². The summed E-state index contributed by atoms with van der Waals surface area (Å²) >= 11 is 3.15. The SMILES string of the molecule is O=C(C1CC1)N1CCC(O)(Cn2cnc3c(cnn3-c3ccc(F)c(Br)c3)c2=O)CC1. The van der Waals surface area contributed by atoms with Crippen LogP contribution < -0.4 is 5.56 Å². The highest BCUT2D eigenvalue weighted by Gasteiger charge is 2.39. The first-order valence-electron chi connectivity index (χ1n) is 10.2. The van der Waals surface area contributed by atoms with Crippen molar-refractivity contribution in [2.75, 3.05) is 13.1 Å². The fourth-order valence-electron chi connectivity index (χ4n) is 4.07. The highest BCUT2D eigenvalue weighted by Crippen LogP contribution is 2.33. The van der Waals surface area contributed by atoms with E-state index in [0.29, 0.717) is 42.7 Å². The van der Waals surface area contributed by atoms with E-state index < -0.39 is 11.4 Å². The number of hydrogen-bond acceptors (Lipinski definition) is 5. The van der Waals surface area contributed by atoms with Gasteiger partial charge >= 0.3 is 0 Å². The fourth-order valence-corrected chi connectivity index (χ4v) is 4.44. The Bertz CT molecular complexity index is 1230. The van der Waals surface area contributed by atoms with E-state index in [1.165, 1.54) is 27.8 Å². The lowest BCUT2D eigenvalue weighted by molar-refractivity contribution is -0.137. The van der Waals surface area contributed by atoms with Gasteiger partial charge in [0.1, 0.15) is 17.5 Å². The number of rotatable bonds is 4. The molecule has 0 unspecified atom stereocenters. The third-order valence-corrected chi connectivity index (χ3v) is 6.71. The minimum atomic E-state index is -1.07. The van der Waals surface area contributed by atoms with Crippen molar-refractivity contribution in [1.29, 1.82) is 0 Å². The maximum absolute atomic E-state index is 13.5. The molecule has 162 valence electrons. The first-order chi connectivity index (χ1) is 14.8. The first-order valence-corrected chi connectivity index (χ1v) is 11.0. The number of amides is 1. The van der Waals surface area contributed by atoms with Crippen LogP contribution in [0.1, 0.15) is 25.7 Å². The second-order valence-electron chi connectivity index (χ2n) is 8.39. The molecular formula is C21H21BrFN5O3. The number of aromatic nitrogens is 4. The third kappa shape index (κ3) is 3.78. The topological polar surface area (TPSA) is 93.2 Å². The molecule has 3 aromatic rings. The number of nitrogens with zero attached hydrogens (tertiary/aromatic N) is 5. The standard InChI is InChI=1S/C21H21BrFN5O3/c22-16-9-14(3-4-17(16)23)28-18-15(10-25-28)20(30)27(12-24-18)11-21(31)5-7-26(8-6-21)19(29)13-1-2-13/h3-4,9-10,12-13,31H,1-2,5-8,11H2. The van der Waals surface area contributed by atoms with E-state index in [1.807, 2.05) is 4.90 Å². The van der Waals surface area contributed by atoms with E-state index in [9.17, 15) is 19.1 Å². The number of hydrogen-bond donors (Lipinski definition) is 1. The van der Waals surface area contributed by atoms with Crippen molar-refractivity contribution in [3.05, 3.63) is 51.4 Å². The predicted molar refractivity (Wildman–Crippen MR) is 114 cm³/mol. The number of likely N-dealkylation sites (tertiary alicyclic amines) is 1. The average Bonchev–Trinajstić information content (AvgIpc) is 3.51. The molecule has 2 fully saturated rings. The van der Waals surface area contributed by atoms with Crippen molar-refractivity contribution in [2.24, 2.45) is 5.92 Å². The molecule has 1 saturated heterocycles. The molecule has 3 heterocycles. The molecule has 1 aliphatic carbocycles. The highest BCUT2D eigenvalue weighted by atomic mass is 79.9. The molecule has 10 heteroatoms. The Morgan fingerprint density at radius 3 is 2.71 bits per heavy atom. The second kappa shape index (κ2) is 7.52. The monoisotopic (exact) mass is 489 g/mol. The van der Waals surface area contributed by atoms with Crippen LogP contribution in [-0.4, -0.2) is 53.9 Å². The Hall–Kier alpha value is -2.59. The summed E-state index contributed by atoms with van der Waals surface area (Å²) in [5.74, 6) is -0.0468. The molecule has 2 aliphatic rings. The Balaban J connectivity index is 1.37. The Kier molecular flexibility index (Phi) is 4.93. The van der Waals surface area contributed by atoms with E-state index in [2.05, 4.69) is 26.0 Å². The van der Waals surface area contributed by atoms with Crippen molar-refractivity contribution in [3.8, 4) is 5.69 Å². The fraction of sp³-hybridized carbons (Fsp3) is 0.429. The predicted octanol–water partition coefficient (Wildman–Crippen LogP) is 2.25. The molecule has 1 saturated carbocycles. The summed E-state index contributed by atoms with van der Waals surface area (Å²) in [6.07, 6.45) is 5.59. The van der Waals surface area contributed by atoms with Gasteiger partial charge in [0, 0.05) is 19.0 Å². The van der Waals surface area contributed by atoms with Crippen LogP contribution in [0.2, 0.25) is 0 Å². The summed E-state index contributed by atoms with van der Waals surface area (Å²) in [5, 5.41) is 15.6. The van der Waals surface area contributed by atoms with Gasteiger partial charge in [-0.25, -0.2) is 14.1 Å². The molecule has 0 spiro atoms. The molecule has 0 atom stereocenters. The lowest BCUT2D eigenvalue weighted by Crippen LogP contribution is -2.50. The number of aliphatic hydroxyl groups is 1. The Morgan fingerprint density at radius 1 is 1.29 bits per heavy atom. The van der Waals surface area contributed by atoms with Gasteiger partial charge in [-0.15, -0.1) is 0 Å². The van der Waals surface area contributed by atoms with E-state index in [4.69, 9.17) is 0 Å². The number of piperidine rings is 1. The van der Waals surface area contributed by atoms with E-state index in [0.717, 1.165) is 12.8 Å². The summed E-state index contributed by atoms with van der Waals surface area (Å²) in [4.78, 5) is 31.4. The van der Waals surface area contributed by atoms with Crippen molar-refractivity contribution in [2.45, 2.75) is 37.8 Å². The van der Waals surface area contributed by atoms with Crippen LogP contribution in [-0.2, 0) is 11.3 Å². The van der Waals surface area contributed by atoms with E-state index in [-0.39, 0.29) is 28.4 Å². The minimum Gasteiger partial charge on any atom is -0.388 e. The van der Waals surface area contributed by atoms with Crippen molar-refractivity contribution >= 4 is 32.9 Å². The largest absolute Gasteiger partial charge is 0.388 e. The van der Waals surface area contributed by atoms with E-state index in [1.54, 1.807) is 12.1 Å². The maximum atomic E-state index is 13.5. The zero-order chi connectivity index (χ0) is 21.8. The molecule has 0 radical (unpaired) electrons. The number of halogens is 2. The normalized spacial score (nSPS) is 18.5. The van der Waals surface area contributed by atoms with Crippen LogP contribution in [0.25, 0.3) is 16.7 Å².